The third-order valence-corrected chi connectivity index (χ3v) is 5.37. The van der Waals surface area contributed by atoms with Gasteiger partial charge in [0.2, 0.25) is 0 Å². The first kappa shape index (κ1) is 19.6. The Hall–Kier alpha value is -3.70. The van der Waals surface area contributed by atoms with E-state index in [1.165, 1.54) is 22.5 Å². The van der Waals surface area contributed by atoms with E-state index >= 15 is 0 Å². The second-order valence-electron chi connectivity index (χ2n) is 7.27. The summed E-state index contributed by atoms with van der Waals surface area (Å²) in [4.78, 5) is 60.6. The molecule has 0 bridgehead atoms. The lowest BCUT2D eigenvalue weighted by atomic mass is 10.3. The quantitative estimate of drug-likeness (QED) is 0.446. The maximum atomic E-state index is 12.7. The van der Waals surface area contributed by atoms with Gasteiger partial charge in [-0.05, 0) is 6.42 Å². The van der Waals surface area contributed by atoms with Crippen LogP contribution in [0.4, 0.5) is 0 Å². The summed E-state index contributed by atoms with van der Waals surface area (Å²) >= 11 is 0. The Morgan fingerprint density at radius 3 is 2.40 bits per heavy atom. The number of imidazole rings is 2. The van der Waals surface area contributed by atoms with Crippen molar-refractivity contribution in [2.75, 3.05) is 0 Å². The van der Waals surface area contributed by atoms with E-state index in [4.69, 9.17) is 0 Å². The molecule has 0 saturated carbocycles. The van der Waals surface area contributed by atoms with Crippen LogP contribution >= 0.6 is 0 Å². The molecule has 158 valence electrons. The number of aromatic nitrogens is 8. The van der Waals surface area contributed by atoms with Crippen LogP contribution in [0, 0.1) is 0 Å². The van der Waals surface area contributed by atoms with Crippen LogP contribution in [-0.2, 0) is 34.2 Å². The third-order valence-electron chi connectivity index (χ3n) is 5.37. The minimum Gasteiger partial charge on any atom is -0.324 e. The van der Waals surface area contributed by atoms with E-state index in [1.54, 1.807) is 23.2 Å². The van der Waals surface area contributed by atoms with Gasteiger partial charge in [0.15, 0.2) is 22.3 Å². The molecule has 0 spiro atoms. The zero-order chi connectivity index (χ0) is 21.7. The van der Waals surface area contributed by atoms with Gasteiger partial charge in [0, 0.05) is 27.7 Å². The molecule has 4 rings (SSSR count). The fraction of sp³-hybridized carbons (Fsp3) is 0.444. The maximum absolute atomic E-state index is 12.7. The predicted molar refractivity (Wildman–Crippen MR) is 110 cm³/mol. The van der Waals surface area contributed by atoms with Gasteiger partial charge in [0.05, 0.1) is 12.9 Å². The number of hydrogen-bond donors (Lipinski definition) is 1. The van der Waals surface area contributed by atoms with Gasteiger partial charge in [-0.15, -0.1) is 0 Å². The van der Waals surface area contributed by atoms with E-state index < -0.39 is 22.5 Å². The molecule has 0 atom stereocenters. The molecule has 0 aromatic carbocycles. The van der Waals surface area contributed by atoms with Crippen molar-refractivity contribution in [3.8, 4) is 0 Å². The number of aryl methyl sites for hydroxylation is 3. The minimum atomic E-state index is -0.516. The van der Waals surface area contributed by atoms with Crippen LogP contribution in [0.1, 0.15) is 25.6 Å². The molecule has 0 fully saturated rings. The van der Waals surface area contributed by atoms with Gasteiger partial charge in [0.25, 0.3) is 11.1 Å². The van der Waals surface area contributed by atoms with E-state index in [0.717, 1.165) is 17.4 Å². The molecular weight excluding hydrogens is 392 g/mol. The second-order valence-corrected chi connectivity index (χ2v) is 7.27. The van der Waals surface area contributed by atoms with E-state index in [-0.39, 0.29) is 23.2 Å². The monoisotopic (exact) mass is 414 g/mol. The molecule has 4 aromatic rings. The van der Waals surface area contributed by atoms with Gasteiger partial charge in [-0.1, -0.05) is 13.3 Å². The highest BCUT2D eigenvalue weighted by Crippen LogP contribution is 2.14. The summed E-state index contributed by atoms with van der Waals surface area (Å²) in [6, 6.07) is 0. The zero-order valence-electron chi connectivity index (χ0n) is 17.2. The van der Waals surface area contributed by atoms with Crippen LogP contribution < -0.4 is 22.5 Å². The highest BCUT2D eigenvalue weighted by atomic mass is 16.2. The molecule has 30 heavy (non-hydrogen) atoms. The lowest BCUT2D eigenvalue weighted by Crippen LogP contribution is -2.37. The van der Waals surface area contributed by atoms with Crippen molar-refractivity contribution >= 4 is 22.3 Å². The van der Waals surface area contributed by atoms with Crippen molar-refractivity contribution < 1.29 is 0 Å². The summed E-state index contributed by atoms with van der Waals surface area (Å²) in [6.07, 6.45) is 3.11. The highest BCUT2D eigenvalue weighted by Gasteiger charge is 2.19. The molecule has 1 N–H and O–H groups in total. The summed E-state index contributed by atoms with van der Waals surface area (Å²) < 4.78 is 6.96. The Morgan fingerprint density at radius 1 is 0.967 bits per heavy atom. The molecule has 0 saturated heterocycles. The molecule has 0 aliphatic rings. The number of H-pyrrole nitrogens is 1. The normalized spacial score (nSPS) is 11.7. The van der Waals surface area contributed by atoms with E-state index in [1.807, 2.05) is 6.92 Å². The van der Waals surface area contributed by atoms with Gasteiger partial charge < -0.3 is 9.13 Å². The largest absolute Gasteiger partial charge is 0.332 e. The van der Waals surface area contributed by atoms with Gasteiger partial charge in [-0.3, -0.25) is 28.3 Å². The molecule has 12 heteroatoms. The van der Waals surface area contributed by atoms with Crippen molar-refractivity contribution in [1.29, 1.82) is 0 Å². The van der Waals surface area contributed by atoms with Crippen LogP contribution in [0.2, 0.25) is 0 Å². The molecular formula is C18H22N8O4. The Balaban J connectivity index is 1.92. The molecule has 0 amide bonds. The number of aromatic amines is 1. The number of fused-ring (bicyclic) bond motifs is 2. The minimum absolute atomic E-state index is 0.135. The average molecular weight is 414 g/mol. The zero-order valence-corrected chi connectivity index (χ0v) is 17.2. The third kappa shape index (κ3) is 2.75. The number of hydrogen-bond acceptors (Lipinski definition) is 6. The van der Waals surface area contributed by atoms with Gasteiger partial charge >= 0.3 is 11.4 Å². The summed E-state index contributed by atoms with van der Waals surface area (Å²) in [5, 5.41) is 0. The van der Waals surface area contributed by atoms with Gasteiger partial charge in [-0.2, -0.15) is 0 Å². The topological polar surface area (TPSA) is 135 Å². The summed E-state index contributed by atoms with van der Waals surface area (Å²) in [7, 11) is 4.63. The summed E-state index contributed by atoms with van der Waals surface area (Å²) in [5.41, 5.74) is -0.845. The van der Waals surface area contributed by atoms with E-state index in [9.17, 15) is 19.2 Å². The highest BCUT2D eigenvalue weighted by molar-refractivity contribution is 5.72. The van der Waals surface area contributed by atoms with Crippen molar-refractivity contribution in [3.63, 3.8) is 0 Å². The lowest BCUT2D eigenvalue weighted by molar-refractivity contribution is 0.613. The van der Waals surface area contributed by atoms with Crippen molar-refractivity contribution in [3.05, 3.63) is 53.8 Å². The Bertz CT molecular complexity index is 1520. The smallest absolute Gasteiger partial charge is 0.324 e. The lowest BCUT2D eigenvalue weighted by Gasteiger charge is -2.06. The Morgan fingerprint density at radius 2 is 1.70 bits per heavy atom. The second kappa shape index (κ2) is 6.97. The van der Waals surface area contributed by atoms with Crippen molar-refractivity contribution in [1.82, 2.24) is 37.8 Å². The van der Waals surface area contributed by atoms with Gasteiger partial charge in [0.1, 0.15) is 5.82 Å². The fourth-order valence-electron chi connectivity index (χ4n) is 3.63. The van der Waals surface area contributed by atoms with Crippen LogP contribution in [0.15, 0.2) is 25.5 Å². The Labute approximate surface area is 168 Å². The summed E-state index contributed by atoms with van der Waals surface area (Å²) in [6.45, 7) is 2.59. The Kier molecular flexibility index (Phi) is 4.56. The molecule has 0 aliphatic carbocycles. The summed E-state index contributed by atoms with van der Waals surface area (Å²) in [5.74, 6) is 0.474. The fourth-order valence-corrected chi connectivity index (χ4v) is 3.63. The first-order valence-electron chi connectivity index (χ1n) is 9.55. The SMILES string of the molecule is CCCCn1c(=O)[nH]c(=O)c2c1nc(Cn1cnc3c1c(=O)n(C)c(=O)n3C)n2C. The standard InChI is InChI=1S/C18H22N8O4/c1-5-6-7-26-14-11(15(27)21-17(26)29)22(2)10(20-14)8-25-9-19-13-12(25)16(28)24(4)18(30)23(13)3/h9H,5-8H2,1-4H3,(H,21,27,29). The number of nitrogens with one attached hydrogen (secondary N) is 1. The molecule has 0 aliphatic heterocycles. The van der Waals surface area contributed by atoms with Crippen LogP contribution in [0.5, 0.6) is 0 Å². The van der Waals surface area contributed by atoms with Crippen molar-refractivity contribution in [2.24, 2.45) is 21.1 Å². The molecule has 4 aromatic heterocycles. The molecule has 0 radical (unpaired) electrons. The van der Waals surface area contributed by atoms with E-state index in [0.29, 0.717) is 18.0 Å². The molecule has 4 heterocycles. The first-order valence-corrected chi connectivity index (χ1v) is 9.55. The van der Waals surface area contributed by atoms with Crippen LogP contribution in [-0.4, -0.2) is 37.8 Å². The van der Waals surface area contributed by atoms with Crippen LogP contribution in [0.25, 0.3) is 22.3 Å². The predicted octanol–water partition coefficient (Wildman–Crippen LogP) is -0.981. The maximum Gasteiger partial charge on any atom is 0.332 e. The average Bonchev–Trinajstić information content (AvgIpc) is 3.27. The van der Waals surface area contributed by atoms with E-state index in [2.05, 4.69) is 15.0 Å². The first-order chi connectivity index (χ1) is 14.3. The van der Waals surface area contributed by atoms with Crippen LogP contribution in [0.3, 0.4) is 0 Å². The van der Waals surface area contributed by atoms with Crippen molar-refractivity contribution in [2.45, 2.75) is 32.9 Å². The van der Waals surface area contributed by atoms with Gasteiger partial charge in [-0.25, -0.2) is 19.6 Å². The molecule has 12 nitrogen and oxygen atoms in total. The molecule has 0 unspecified atom stereocenters. The number of unbranched alkanes of at least 4 members (excludes halogenated alkanes) is 1. The number of nitrogens with zero attached hydrogens (tertiary/aromatic N) is 7. The number of rotatable bonds is 5.